The number of nitrogens with two attached hydrogens (primary N) is 1. The van der Waals surface area contributed by atoms with Crippen molar-refractivity contribution in [3.05, 3.63) is 32.2 Å². The highest BCUT2D eigenvalue weighted by molar-refractivity contribution is 7.09. The predicted octanol–water partition coefficient (Wildman–Crippen LogP) is 3.91. The molecule has 0 spiro atoms. The fourth-order valence-electron chi connectivity index (χ4n) is 1.42. The van der Waals surface area contributed by atoms with Gasteiger partial charge in [-0.25, -0.2) is 9.97 Å². The summed E-state index contributed by atoms with van der Waals surface area (Å²) in [7, 11) is 0. The maximum atomic E-state index is 6.06. The van der Waals surface area contributed by atoms with Crippen LogP contribution in [0.4, 0.5) is 11.6 Å². The molecule has 2 aromatic heterocycles. The number of hydrogen-bond acceptors (Lipinski definition) is 5. The van der Waals surface area contributed by atoms with Crippen molar-refractivity contribution in [1.82, 2.24) is 9.97 Å². The zero-order chi connectivity index (χ0) is 13.3. The number of aromatic nitrogens is 2. The first kappa shape index (κ1) is 13.4. The molecule has 0 aliphatic carbocycles. The van der Waals surface area contributed by atoms with E-state index < -0.39 is 0 Å². The van der Waals surface area contributed by atoms with Gasteiger partial charge < -0.3 is 11.1 Å². The summed E-state index contributed by atoms with van der Waals surface area (Å²) in [5.41, 5.74) is 6.65. The van der Waals surface area contributed by atoms with Gasteiger partial charge >= 0.3 is 0 Å². The summed E-state index contributed by atoms with van der Waals surface area (Å²) in [6, 6.07) is 1.59. The normalized spacial score (nSPS) is 12.4. The van der Waals surface area contributed by atoms with Crippen LogP contribution in [0, 0.1) is 6.92 Å². The van der Waals surface area contributed by atoms with Gasteiger partial charge in [0.25, 0.3) is 0 Å². The molecule has 18 heavy (non-hydrogen) atoms. The lowest BCUT2D eigenvalue weighted by Crippen LogP contribution is -2.09. The number of halogens is 2. The van der Waals surface area contributed by atoms with Gasteiger partial charge in [0.1, 0.15) is 16.6 Å². The number of thiazole rings is 1. The van der Waals surface area contributed by atoms with Crippen LogP contribution in [0.1, 0.15) is 23.7 Å². The third-order valence-electron chi connectivity index (χ3n) is 2.32. The minimum atomic E-state index is 0.00859. The second kappa shape index (κ2) is 5.30. The highest BCUT2D eigenvalue weighted by Gasteiger charge is 2.13. The smallest absolute Gasteiger partial charge is 0.147 e. The van der Waals surface area contributed by atoms with Gasteiger partial charge in [0.15, 0.2) is 0 Å². The number of pyridine rings is 1. The molecule has 7 heteroatoms. The first-order valence-corrected chi connectivity index (χ1v) is 6.91. The first-order chi connectivity index (χ1) is 8.47. The molecule has 0 aromatic carbocycles. The quantitative estimate of drug-likeness (QED) is 0.902. The molecule has 4 nitrogen and oxygen atoms in total. The summed E-state index contributed by atoms with van der Waals surface area (Å²) in [6.45, 7) is 3.94. The minimum Gasteiger partial charge on any atom is -0.382 e. The predicted molar refractivity (Wildman–Crippen MR) is 77.6 cm³/mol. The van der Waals surface area contributed by atoms with Gasteiger partial charge in [-0.3, -0.25) is 0 Å². The van der Waals surface area contributed by atoms with Crippen molar-refractivity contribution in [3.8, 4) is 0 Å². The van der Waals surface area contributed by atoms with E-state index in [1.807, 2.05) is 19.2 Å². The number of nitrogens with one attached hydrogen (secondary N) is 1. The summed E-state index contributed by atoms with van der Waals surface area (Å²) < 4.78 is 0. The van der Waals surface area contributed by atoms with E-state index in [9.17, 15) is 0 Å². The van der Waals surface area contributed by atoms with Crippen molar-refractivity contribution < 1.29 is 0 Å². The summed E-state index contributed by atoms with van der Waals surface area (Å²) in [4.78, 5) is 8.53. The molecule has 0 amide bonds. The Hall–Kier alpha value is -1.04. The SMILES string of the molecule is Cc1csc(C(C)Nc2nc(N)c(Cl)cc2Cl)n1. The van der Waals surface area contributed by atoms with E-state index in [1.165, 1.54) is 0 Å². The van der Waals surface area contributed by atoms with Crippen molar-refractivity contribution in [2.24, 2.45) is 0 Å². The standard InChI is InChI=1S/C11H12Cl2N4S/c1-5-4-18-11(15-5)6(2)16-10-8(13)3-7(12)9(14)17-10/h3-4,6H,1-2H3,(H3,14,16,17). The van der Waals surface area contributed by atoms with Crippen LogP contribution in [0.15, 0.2) is 11.4 Å². The molecule has 3 N–H and O–H groups in total. The molecule has 2 heterocycles. The fraction of sp³-hybridized carbons (Fsp3) is 0.273. The molecule has 0 aliphatic heterocycles. The molecule has 0 aliphatic rings. The lowest BCUT2D eigenvalue weighted by atomic mass is 10.3. The highest BCUT2D eigenvalue weighted by atomic mass is 35.5. The van der Waals surface area contributed by atoms with Gasteiger partial charge in [-0.05, 0) is 19.9 Å². The third kappa shape index (κ3) is 2.85. The Morgan fingerprint density at radius 2 is 2.06 bits per heavy atom. The fourth-order valence-corrected chi connectivity index (χ4v) is 2.64. The summed E-state index contributed by atoms with van der Waals surface area (Å²) in [5, 5.41) is 6.93. The molecule has 0 saturated carbocycles. The van der Waals surface area contributed by atoms with Crippen LogP contribution >= 0.6 is 34.5 Å². The van der Waals surface area contributed by atoms with E-state index in [-0.39, 0.29) is 11.9 Å². The van der Waals surface area contributed by atoms with Crippen molar-refractivity contribution in [3.63, 3.8) is 0 Å². The van der Waals surface area contributed by atoms with Crippen LogP contribution in [0.2, 0.25) is 10.0 Å². The molecule has 0 radical (unpaired) electrons. The van der Waals surface area contributed by atoms with E-state index in [0.717, 1.165) is 10.7 Å². The highest BCUT2D eigenvalue weighted by Crippen LogP contribution is 2.30. The maximum Gasteiger partial charge on any atom is 0.147 e. The van der Waals surface area contributed by atoms with E-state index in [2.05, 4.69) is 15.3 Å². The Morgan fingerprint density at radius 3 is 2.67 bits per heavy atom. The molecular formula is C11H12Cl2N4S. The summed E-state index contributed by atoms with van der Waals surface area (Å²) in [5.74, 6) is 0.769. The van der Waals surface area contributed by atoms with Crippen molar-refractivity contribution in [2.75, 3.05) is 11.1 Å². The van der Waals surface area contributed by atoms with Gasteiger partial charge in [0.05, 0.1) is 16.1 Å². The second-order valence-electron chi connectivity index (χ2n) is 3.88. The zero-order valence-electron chi connectivity index (χ0n) is 9.87. The summed E-state index contributed by atoms with van der Waals surface area (Å²) >= 11 is 13.5. The molecule has 96 valence electrons. The van der Waals surface area contributed by atoms with E-state index in [0.29, 0.717) is 15.9 Å². The molecule has 1 unspecified atom stereocenters. The van der Waals surface area contributed by atoms with Gasteiger partial charge in [-0.1, -0.05) is 23.2 Å². The average Bonchev–Trinajstić information content (AvgIpc) is 2.73. The first-order valence-electron chi connectivity index (χ1n) is 5.27. The zero-order valence-corrected chi connectivity index (χ0v) is 12.2. The van der Waals surface area contributed by atoms with Crippen LogP contribution in [-0.2, 0) is 0 Å². The Bertz CT molecular complexity index is 570. The van der Waals surface area contributed by atoms with E-state index in [1.54, 1.807) is 17.4 Å². The Kier molecular flexibility index (Phi) is 3.94. The molecule has 2 rings (SSSR count). The minimum absolute atomic E-state index is 0.00859. The second-order valence-corrected chi connectivity index (χ2v) is 5.58. The monoisotopic (exact) mass is 302 g/mol. The number of aryl methyl sites for hydroxylation is 1. The third-order valence-corrected chi connectivity index (χ3v) is 4.05. The average molecular weight is 303 g/mol. The van der Waals surface area contributed by atoms with Crippen LogP contribution in [-0.4, -0.2) is 9.97 Å². The van der Waals surface area contributed by atoms with Crippen LogP contribution in [0.25, 0.3) is 0 Å². The Labute approximate surface area is 119 Å². The van der Waals surface area contributed by atoms with E-state index in [4.69, 9.17) is 28.9 Å². The number of anilines is 2. The van der Waals surface area contributed by atoms with Crippen LogP contribution in [0.5, 0.6) is 0 Å². The maximum absolute atomic E-state index is 6.06. The Morgan fingerprint density at radius 1 is 1.33 bits per heavy atom. The molecular weight excluding hydrogens is 291 g/mol. The van der Waals surface area contributed by atoms with Crippen molar-refractivity contribution in [1.29, 1.82) is 0 Å². The largest absolute Gasteiger partial charge is 0.382 e. The number of nitrogen functional groups attached to an aromatic ring is 1. The Balaban J connectivity index is 2.21. The number of hydrogen-bond donors (Lipinski definition) is 2. The number of rotatable bonds is 3. The van der Waals surface area contributed by atoms with Gasteiger partial charge in [0.2, 0.25) is 0 Å². The molecule has 0 bridgehead atoms. The molecule has 0 saturated heterocycles. The van der Waals surface area contributed by atoms with Gasteiger partial charge in [-0.15, -0.1) is 11.3 Å². The number of nitrogens with zero attached hydrogens (tertiary/aromatic N) is 2. The van der Waals surface area contributed by atoms with Crippen LogP contribution < -0.4 is 11.1 Å². The van der Waals surface area contributed by atoms with Gasteiger partial charge in [0, 0.05) is 11.1 Å². The summed E-state index contributed by atoms with van der Waals surface area (Å²) in [6.07, 6.45) is 0. The molecule has 2 aromatic rings. The van der Waals surface area contributed by atoms with Gasteiger partial charge in [-0.2, -0.15) is 0 Å². The topological polar surface area (TPSA) is 63.8 Å². The lowest BCUT2D eigenvalue weighted by molar-refractivity contribution is 0.856. The van der Waals surface area contributed by atoms with Crippen molar-refractivity contribution in [2.45, 2.75) is 19.9 Å². The molecule has 0 fully saturated rings. The lowest BCUT2D eigenvalue weighted by Gasteiger charge is -2.14. The van der Waals surface area contributed by atoms with Crippen LogP contribution in [0.3, 0.4) is 0 Å². The van der Waals surface area contributed by atoms with E-state index >= 15 is 0 Å². The van der Waals surface area contributed by atoms with Crippen molar-refractivity contribution >= 4 is 46.2 Å². The molecule has 1 atom stereocenters.